The monoisotopic (exact) mass is 333 g/mol. The van der Waals surface area contributed by atoms with Crippen LogP contribution in [0.4, 0.5) is 0 Å². The molecule has 0 unspecified atom stereocenters. The van der Waals surface area contributed by atoms with Crippen molar-refractivity contribution in [2.24, 2.45) is 0 Å². The van der Waals surface area contributed by atoms with Crippen molar-refractivity contribution >= 4 is 23.1 Å². The summed E-state index contributed by atoms with van der Waals surface area (Å²) in [5, 5.41) is 0. The van der Waals surface area contributed by atoms with Gasteiger partial charge in [0.25, 0.3) is 0 Å². The van der Waals surface area contributed by atoms with Crippen molar-refractivity contribution in [1.82, 2.24) is 4.98 Å². The van der Waals surface area contributed by atoms with E-state index in [4.69, 9.17) is 25.8 Å². The van der Waals surface area contributed by atoms with Gasteiger partial charge in [0.15, 0.2) is 0 Å². The van der Waals surface area contributed by atoms with Crippen LogP contribution in [0.2, 0.25) is 0 Å². The average Bonchev–Trinajstić information content (AvgIpc) is 2.60. The molecule has 120 valence electrons. The molecule has 0 fully saturated rings. The topological polar surface area (TPSA) is 57.7 Å². The van der Waals surface area contributed by atoms with Crippen molar-refractivity contribution in [3.8, 4) is 11.6 Å². The second-order valence-corrected chi connectivity index (χ2v) is 4.77. The molecule has 0 saturated carbocycles. The van der Waals surface area contributed by atoms with E-state index in [0.717, 1.165) is 5.56 Å². The second kappa shape index (κ2) is 8.19. The van der Waals surface area contributed by atoms with Crippen LogP contribution in [0.5, 0.6) is 11.6 Å². The number of hydrogen-bond acceptors (Lipinski definition) is 5. The van der Waals surface area contributed by atoms with Gasteiger partial charge in [0.05, 0.1) is 26.0 Å². The molecule has 1 aromatic heterocycles. The first kappa shape index (κ1) is 16.8. The molecule has 0 saturated heterocycles. The molecule has 2 aromatic rings. The van der Waals surface area contributed by atoms with Gasteiger partial charge in [0.2, 0.25) is 5.88 Å². The number of carbonyl (C=O) groups is 1. The number of methoxy groups -OCH3 is 2. The third-order valence-corrected chi connectivity index (χ3v) is 3.28. The highest BCUT2D eigenvalue weighted by Gasteiger charge is 2.19. The molecule has 0 aliphatic rings. The van der Waals surface area contributed by atoms with Gasteiger partial charge in [-0.2, -0.15) is 0 Å². The number of benzene rings is 1. The van der Waals surface area contributed by atoms with Gasteiger partial charge in [-0.1, -0.05) is 12.1 Å². The number of ether oxygens (including phenoxy) is 3. The molecule has 0 bridgehead atoms. The number of carbonyl (C=O) groups excluding carboxylic acids is 1. The summed E-state index contributed by atoms with van der Waals surface area (Å²) in [5.74, 6) is 0.681. The Labute approximate surface area is 139 Å². The number of pyridine rings is 1. The van der Waals surface area contributed by atoms with Crippen LogP contribution in [0.1, 0.15) is 11.1 Å². The van der Waals surface area contributed by atoms with E-state index in [1.165, 1.54) is 20.5 Å². The zero-order valence-electron chi connectivity index (χ0n) is 12.8. The molecule has 0 atom stereocenters. The predicted octanol–water partition coefficient (Wildman–Crippen LogP) is 3.77. The Hall–Kier alpha value is -2.53. The Morgan fingerprint density at radius 2 is 2.09 bits per heavy atom. The molecule has 5 nitrogen and oxygen atoms in total. The molecule has 2 rings (SSSR count). The SMILES string of the molecule is COC=C(C(=O)OC)c1cccnc1Oc1cccc(CCl)c1. The first-order valence-corrected chi connectivity index (χ1v) is 7.32. The van der Waals surface area contributed by atoms with Gasteiger partial charge in [-0.15, -0.1) is 11.6 Å². The molecule has 6 heteroatoms. The maximum atomic E-state index is 11.9. The zero-order chi connectivity index (χ0) is 16.7. The van der Waals surface area contributed by atoms with Crippen LogP contribution in [0.3, 0.4) is 0 Å². The van der Waals surface area contributed by atoms with Crippen LogP contribution < -0.4 is 4.74 Å². The lowest BCUT2D eigenvalue weighted by molar-refractivity contribution is -0.133. The van der Waals surface area contributed by atoms with Crippen LogP contribution in [0.15, 0.2) is 48.9 Å². The number of hydrogen-bond donors (Lipinski definition) is 0. The number of halogens is 1. The van der Waals surface area contributed by atoms with Crippen molar-refractivity contribution in [2.45, 2.75) is 5.88 Å². The molecule has 0 N–H and O–H groups in total. The first-order valence-electron chi connectivity index (χ1n) is 6.79. The van der Waals surface area contributed by atoms with Crippen LogP contribution in [0, 0.1) is 0 Å². The van der Waals surface area contributed by atoms with Crippen LogP contribution in [-0.2, 0) is 20.1 Å². The van der Waals surface area contributed by atoms with Crippen molar-refractivity contribution in [2.75, 3.05) is 14.2 Å². The fourth-order valence-electron chi connectivity index (χ4n) is 1.93. The van der Waals surface area contributed by atoms with E-state index in [1.807, 2.05) is 18.2 Å². The summed E-state index contributed by atoms with van der Waals surface area (Å²) in [5.41, 5.74) is 1.60. The van der Waals surface area contributed by atoms with E-state index in [1.54, 1.807) is 24.4 Å². The minimum absolute atomic E-state index is 0.214. The van der Waals surface area contributed by atoms with E-state index in [2.05, 4.69) is 4.98 Å². The van der Waals surface area contributed by atoms with Crippen molar-refractivity contribution in [3.63, 3.8) is 0 Å². The summed E-state index contributed by atoms with van der Waals surface area (Å²) in [7, 11) is 2.75. The Morgan fingerprint density at radius 1 is 1.26 bits per heavy atom. The minimum atomic E-state index is -0.542. The van der Waals surface area contributed by atoms with Crippen LogP contribution >= 0.6 is 11.6 Å². The number of rotatable bonds is 6. The van der Waals surface area contributed by atoms with Gasteiger partial charge in [-0.25, -0.2) is 9.78 Å². The van der Waals surface area contributed by atoms with Crippen molar-refractivity contribution < 1.29 is 19.0 Å². The summed E-state index contributed by atoms with van der Waals surface area (Å²) in [4.78, 5) is 16.1. The fourth-order valence-corrected chi connectivity index (χ4v) is 2.10. The van der Waals surface area contributed by atoms with Gasteiger partial charge in [0, 0.05) is 12.1 Å². The van der Waals surface area contributed by atoms with Gasteiger partial charge < -0.3 is 14.2 Å². The Morgan fingerprint density at radius 3 is 2.78 bits per heavy atom. The predicted molar refractivity (Wildman–Crippen MR) is 87.3 cm³/mol. The highest BCUT2D eigenvalue weighted by atomic mass is 35.5. The molecule has 0 amide bonds. The van der Waals surface area contributed by atoms with Gasteiger partial charge in [-0.05, 0) is 29.8 Å². The lowest BCUT2D eigenvalue weighted by atomic mass is 10.1. The second-order valence-electron chi connectivity index (χ2n) is 4.50. The smallest absolute Gasteiger partial charge is 0.341 e. The molecule has 0 spiro atoms. The van der Waals surface area contributed by atoms with Crippen molar-refractivity contribution in [1.29, 1.82) is 0 Å². The van der Waals surface area contributed by atoms with E-state index < -0.39 is 5.97 Å². The molecule has 1 heterocycles. The summed E-state index contributed by atoms with van der Waals surface area (Å²) in [6, 6.07) is 10.7. The molecule has 0 aliphatic carbocycles. The number of aromatic nitrogens is 1. The molecule has 0 radical (unpaired) electrons. The third kappa shape index (κ3) is 4.23. The van der Waals surface area contributed by atoms with Crippen molar-refractivity contribution in [3.05, 3.63) is 60.0 Å². The van der Waals surface area contributed by atoms with E-state index in [9.17, 15) is 4.79 Å². The lowest BCUT2D eigenvalue weighted by Crippen LogP contribution is -2.06. The quantitative estimate of drug-likeness (QED) is 0.348. The number of esters is 1. The largest absolute Gasteiger partial charge is 0.503 e. The zero-order valence-corrected chi connectivity index (χ0v) is 13.5. The van der Waals surface area contributed by atoms with Gasteiger partial charge in [-0.3, -0.25) is 0 Å². The highest BCUT2D eigenvalue weighted by molar-refractivity contribution is 6.17. The maximum absolute atomic E-state index is 11.9. The Bertz CT molecular complexity index is 715. The number of alkyl halides is 1. The first-order chi connectivity index (χ1) is 11.2. The average molecular weight is 334 g/mol. The van der Waals surface area contributed by atoms with E-state index in [-0.39, 0.29) is 11.5 Å². The third-order valence-electron chi connectivity index (χ3n) is 2.97. The molecular formula is C17H16ClNO4. The molecule has 1 aromatic carbocycles. The molecular weight excluding hydrogens is 318 g/mol. The standard InChI is InChI=1S/C17H16ClNO4/c1-21-11-15(17(20)22-2)14-7-4-8-19-16(14)23-13-6-3-5-12(9-13)10-18/h3-9,11H,10H2,1-2H3. The van der Waals surface area contributed by atoms with Gasteiger partial charge in [0.1, 0.15) is 11.3 Å². The summed E-state index contributed by atoms with van der Waals surface area (Å²) < 4.78 is 15.5. The maximum Gasteiger partial charge on any atom is 0.341 e. The summed E-state index contributed by atoms with van der Waals surface area (Å²) in [6.45, 7) is 0. The minimum Gasteiger partial charge on any atom is -0.503 e. The normalized spacial score (nSPS) is 11.0. The molecule has 0 aliphatic heterocycles. The fraction of sp³-hybridized carbons (Fsp3) is 0.176. The summed E-state index contributed by atoms with van der Waals surface area (Å²) >= 11 is 5.83. The van der Waals surface area contributed by atoms with Crippen LogP contribution in [0.25, 0.3) is 5.57 Å². The van der Waals surface area contributed by atoms with Gasteiger partial charge >= 0.3 is 5.97 Å². The number of nitrogens with zero attached hydrogens (tertiary/aromatic N) is 1. The van der Waals surface area contributed by atoms with E-state index in [0.29, 0.717) is 17.2 Å². The lowest BCUT2D eigenvalue weighted by Gasteiger charge is -2.12. The Kier molecular flexibility index (Phi) is 6.00. The Balaban J connectivity index is 2.40. The molecule has 23 heavy (non-hydrogen) atoms. The summed E-state index contributed by atoms with van der Waals surface area (Å²) in [6.07, 6.45) is 2.87. The van der Waals surface area contributed by atoms with Crippen LogP contribution in [-0.4, -0.2) is 25.2 Å². The highest BCUT2D eigenvalue weighted by Crippen LogP contribution is 2.29. The van der Waals surface area contributed by atoms with E-state index >= 15 is 0 Å².